The number of nitrogens with one attached hydrogen (secondary N) is 2. The molecule has 0 bridgehead atoms. The second-order valence-electron chi connectivity index (χ2n) is 6.20. The highest BCUT2D eigenvalue weighted by molar-refractivity contribution is 7.89. The van der Waals surface area contributed by atoms with Gasteiger partial charge in [-0.15, -0.1) is 0 Å². The lowest BCUT2D eigenvalue weighted by Crippen LogP contribution is -2.43. The van der Waals surface area contributed by atoms with Crippen LogP contribution in [0.5, 0.6) is 0 Å². The molecule has 0 aliphatic carbocycles. The van der Waals surface area contributed by atoms with Crippen molar-refractivity contribution < 1.29 is 26.5 Å². The number of carbonyl (C=O) groups excluding carboxylic acids is 1. The number of amides is 1. The van der Waals surface area contributed by atoms with E-state index in [-0.39, 0.29) is 16.7 Å². The van der Waals surface area contributed by atoms with Gasteiger partial charge in [-0.1, -0.05) is 4.89 Å². The molecule has 0 aromatic heterocycles. The Hall–Kier alpha value is -1.53. The van der Waals surface area contributed by atoms with Crippen LogP contribution in [-0.2, 0) is 24.9 Å². The fraction of sp³-hybridized carbons (Fsp3) is 0.533. The SMILES string of the molecule is CONS(=O)(=O)c1ccc(C(=O)N2CCCC(CNS(C)(=O)=O)C2)cc1. The summed E-state index contributed by atoms with van der Waals surface area (Å²) in [6, 6.07) is 5.57. The van der Waals surface area contributed by atoms with Crippen LogP contribution in [0.4, 0.5) is 0 Å². The molecule has 11 heteroatoms. The number of nitrogens with zero attached hydrogens (tertiary/aromatic N) is 1. The van der Waals surface area contributed by atoms with Crippen LogP contribution in [0.3, 0.4) is 0 Å². The molecule has 0 spiro atoms. The van der Waals surface area contributed by atoms with Crippen molar-refractivity contribution in [1.29, 1.82) is 0 Å². The summed E-state index contributed by atoms with van der Waals surface area (Å²) in [7, 11) is -5.84. The molecule has 1 aliphatic rings. The van der Waals surface area contributed by atoms with Crippen LogP contribution in [0.25, 0.3) is 0 Å². The predicted molar refractivity (Wildman–Crippen MR) is 95.2 cm³/mol. The van der Waals surface area contributed by atoms with Crippen molar-refractivity contribution in [3.05, 3.63) is 29.8 Å². The van der Waals surface area contributed by atoms with E-state index in [1.807, 2.05) is 4.89 Å². The molecule has 1 aromatic rings. The number of rotatable bonds is 7. The van der Waals surface area contributed by atoms with Gasteiger partial charge in [-0.2, -0.15) is 0 Å². The standard InChI is InChI=1S/C15H23N3O6S2/c1-24-17-26(22,23)14-7-5-13(6-8-14)15(19)18-9-3-4-12(11-18)10-16-25(2,20)21/h5-8,12,16-17H,3-4,9-11H2,1-2H3. The minimum Gasteiger partial charge on any atom is -0.338 e. The van der Waals surface area contributed by atoms with E-state index < -0.39 is 20.0 Å². The van der Waals surface area contributed by atoms with Crippen molar-refractivity contribution in [3.8, 4) is 0 Å². The van der Waals surface area contributed by atoms with E-state index in [0.29, 0.717) is 25.2 Å². The normalized spacial score (nSPS) is 18.7. The fourth-order valence-electron chi connectivity index (χ4n) is 2.80. The molecule has 1 fully saturated rings. The topological polar surface area (TPSA) is 122 Å². The molecule has 1 aliphatic heterocycles. The van der Waals surface area contributed by atoms with Crippen LogP contribution in [0.1, 0.15) is 23.2 Å². The Bertz CT molecular complexity index is 837. The number of likely N-dealkylation sites (tertiary alicyclic amines) is 1. The van der Waals surface area contributed by atoms with Crippen LogP contribution in [0, 0.1) is 5.92 Å². The van der Waals surface area contributed by atoms with Gasteiger partial charge < -0.3 is 4.90 Å². The van der Waals surface area contributed by atoms with E-state index >= 15 is 0 Å². The van der Waals surface area contributed by atoms with Crippen LogP contribution in [0.15, 0.2) is 29.2 Å². The average Bonchev–Trinajstić information content (AvgIpc) is 2.59. The molecule has 1 saturated heterocycles. The monoisotopic (exact) mass is 405 g/mol. The first kappa shape index (κ1) is 20.8. The maximum Gasteiger partial charge on any atom is 0.262 e. The number of hydrogen-bond donors (Lipinski definition) is 2. The molecule has 2 N–H and O–H groups in total. The van der Waals surface area contributed by atoms with Gasteiger partial charge >= 0.3 is 0 Å². The molecule has 1 heterocycles. The Kier molecular flexibility index (Phi) is 6.74. The molecule has 0 radical (unpaired) electrons. The summed E-state index contributed by atoms with van der Waals surface area (Å²) < 4.78 is 48.6. The van der Waals surface area contributed by atoms with Crippen molar-refractivity contribution in [2.75, 3.05) is 33.0 Å². The first-order chi connectivity index (χ1) is 12.1. The van der Waals surface area contributed by atoms with Crippen molar-refractivity contribution in [2.24, 2.45) is 5.92 Å². The summed E-state index contributed by atoms with van der Waals surface area (Å²) in [6.07, 6.45) is 2.73. The average molecular weight is 405 g/mol. The quantitative estimate of drug-likeness (QED) is 0.612. The highest BCUT2D eigenvalue weighted by atomic mass is 32.2. The summed E-state index contributed by atoms with van der Waals surface area (Å²) in [4.78, 5) is 20.6. The lowest BCUT2D eigenvalue weighted by molar-refractivity contribution is 0.0676. The summed E-state index contributed by atoms with van der Waals surface area (Å²) in [5.41, 5.74) is 0.373. The molecule has 146 valence electrons. The number of carbonyl (C=O) groups is 1. The Balaban J connectivity index is 2.04. The Labute approximate surface area is 153 Å². The zero-order valence-corrected chi connectivity index (χ0v) is 16.3. The van der Waals surface area contributed by atoms with E-state index in [4.69, 9.17) is 0 Å². The Morgan fingerprint density at radius 2 is 1.88 bits per heavy atom. The molecule has 9 nitrogen and oxygen atoms in total. The molecule has 1 atom stereocenters. The largest absolute Gasteiger partial charge is 0.338 e. The molecule has 1 aromatic carbocycles. The van der Waals surface area contributed by atoms with E-state index in [0.717, 1.165) is 19.1 Å². The molecular weight excluding hydrogens is 382 g/mol. The molecule has 2 rings (SSSR count). The number of hydrogen-bond acceptors (Lipinski definition) is 6. The third-order valence-electron chi connectivity index (χ3n) is 4.05. The van der Waals surface area contributed by atoms with E-state index in [2.05, 4.69) is 9.56 Å². The number of piperidine rings is 1. The smallest absolute Gasteiger partial charge is 0.262 e. The van der Waals surface area contributed by atoms with E-state index in [1.165, 1.54) is 31.4 Å². The lowest BCUT2D eigenvalue weighted by Gasteiger charge is -2.32. The number of benzene rings is 1. The van der Waals surface area contributed by atoms with Gasteiger partial charge in [-0.3, -0.25) is 9.63 Å². The summed E-state index contributed by atoms with van der Waals surface area (Å²) in [6.45, 7) is 1.33. The summed E-state index contributed by atoms with van der Waals surface area (Å²) >= 11 is 0. The zero-order chi connectivity index (χ0) is 19.4. The first-order valence-electron chi connectivity index (χ1n) is 8.01. The van der Waals surface area contributed by atoms with Crippen LogP contribution in [-0.4, -0.2) is 60.6 Å². The van der Waals surface area contributed by atoms with E-state index in [9.17, 15) is 21.6 Å². The fourth-order valence-corrected chi connectivity index (χ4v) is 4.15. The third-order valence-corrected chi connectivity index (χ3v) is 6.01. The highest BCUT2D eigenvalue weighted by Gasteiger charge is 2.25. The second kappa shape index (κ2) is 8.44. The van der Waals surface area contributed by atoms with Gasteiger partial charge in [0.15, 0.2) is 0 Å². The lowest BCUT2D eigenvalue weighted by atomic mass is 9.97. The molecule has 1 unspecified atom stereocenters. The van der Waals surface area contributed by atoms with Crippen molar-refractivity contribution in [2.45, 2.75) is 17.7 Å². The summed E-state index contributed by atoms with van der Waals surface area (Å²) in [5.74, 6) is -0.161. The minimum atomic E-state index is -3.77. The van der Waals surface area contributed by atoms with Gasteiger partial charge in [-0.05, 0) is 43.0 Å². The Morgan fingerprint density at radius 1 is 1.23 bits per heavy atom. The molecule has 1 amide bonds. The third kappa shape index (κ3) is 5.74. The van der Waals surface area contributed by atoms with Gasteiger partial charge in [0.25, 0.3) is 15.9 Å². The Morgan fingerprint density at radius 3 is 2.46 bits per heavy atom. The summed E-state index contributed by atoms with van der Waals surface area (Å²) in [5, 5.41) is 0. The van der Waals surface area contributed by atoms with Crippen LogP contribution < -0.4 is 9.61 Å². The predicted octanol–water partition coefficient (Wildman–Crippen LogP) is -0.0723. The number of sulfonamides is 2. The molecule has 0 saturated carbocycles. The maximum absolute atomic E-state index is 12.6. The molecule has 26 heavy (non-hydrogen) atoms. The van der Waals surface area contributed by atoms with Gasteiger partial charge in [0.1, 0.15) is 0 Å². The van der Waals surface area contributed by atoms with Gasteiger partial charge in [-0.25, -0.2) is 21.6 Å². The van der Waals surface area contributed by atoms with Crippen LogP contribution >= 0.6 is 0 Å². The first-order valence-corrected chi connectivity index (χ1v) is 11.4. The van der Waals surface area contributed by atoms with Crippen molar-refractivity contribution in [3.63, 3.8) is 0 Å². The second-order valence-corrected chi connectivity index (χ2v) is 9.67. The maximum atomic E-state index is 12.6. The van der Waals surface area contributed by atoms with Crippen molar-refractivity contribution in [1.82, 2.24) is 14.5 Å². The van der Waals surface area contributed by atoms with Crippen LogP contribution in [0.2, 0.25) is 0 Å². The zero-order valence-electron chi connectivity index (χ0n) is 14.6. The highest BCUT2D eigenvalue weighted by Crippen LogP contribution is 2.19. The minimum absolute atomic E-state index is 0.00947. The van der Waals surface area contributed by atoms with Gasteiger partial charge in [0.2, 0.25) is 10.0 Å². The molecular formula is C15H23N3O6S2. The van der Waals surface area contributed by atoms with E-state index in [1.54, 1.807) is 4.90 Å². The van der Waals surface area contributed by atoms with Crippen molar-refractivity contribution >= 4 is 26.0 Å². The van der Waals surface area contributed by atoms with Gasteiger partial charge in [0, 0.05) is 25.2 Å². The van der Waals surface area contributed by atoms with Gasteiger partial charge in [0.05, 0.1) is 18.3 Å².